The van der Waals surface area contributed by atoms with Gasteiger partial charge in [0.05, 0.1) is 0 Å². The molecule has 0 N–H and O–H groups in total. The summed E-state index contributed by atoms with van der Waals surface area (Å²) in [4.78, 5) is 0. The van der Waals surface area contributed by atoms with Crippen LogP contribution in [0, 0.1) is 0 Å². The fraction of sp³-hybridized carbons (Fsp3) is 0.488. The topological polar surface area (TPSA) is 0 Å². The van der Waals surface area contributed by atoms with Gasteiger partial charge in [-0.05, 0) is 0 Å². The van der Waals surface area contributed by atoms with E-state index in [1.807, 2.05) is 0 Å². The monoisotopic (exact) mass is 696 g/mol. The molecule has 3 aromatic rings. The van der Waals surface area contributed by atoms with Gasteiger partial charge in [-0.15, -0.1) is 0 Å². The standard InChI is InChI=1S/2C17H23.C6H5.3CH3.H2Si.Zr/c2*1-6-13-7-15-9-14(11(2)3)10-16(12(4)5)17(15)8-13;1-2-4-6-5-3-1;;;;;/h2*7-12H,6H2,1-5H3;1-5H;3*1H3;1H2;. The van der Waals surface area contributed by atoms with Gasteiger partial charge in [-0.1, -0.05) is 0 Å². The quantitative estimate of drug-likeness (QED) is 0.195. The van der Waals surface area contributed by atoms with E-state index >= 15 is 0 Å². The van der Waals surface area contributed by atoms with Crippen LogP contribution in [-0.2, 0) is 14.4 Å². The number of benzene rings is 3. The molecule has 0 radical (unpaired) electrons. The summed E-state index contributed by atoms with van der Waals surface area (Å²) in [5, 5.41) is 0. The first kappa shape index (κ1) is 34.6. The number of fused-ring (bicyclic) bond motifs is 2. The summed E-state index contributed by atoms with van der Waals surface area (Å²) in [5.74, 6) is 1.95. The Kier molecular flexibility index (Phi) is 7.97. The van der Waals surface area contributed by atoms with E-state index in [0.29, 0.717) is 30.9 Å². The SMILES string of the molecule is CCC1=Cc2c(C(C)C)cc(C(C)C)cc2[CH]1[Zr]([CH3])([CH3])([CH3])(=[SiH2])([c]1ccccc1)[CH]1C(CC)=Cc2c(C(C)C)cc(C(C)C)cc21. The Hall–Kier alpha value is -1.76. The fourth-order valence-electron chi connectivity index (χ4n) is 10.4. The van der Waals surface area contributed by atoms with Gasteiger partial charge in [0.2, 0.25) is 0 Å². The zero-order valence-electron chi connectivity index (χ0n) is 30.9. The molecule has 2 aliphatic carbocycles. The van der Waals surface area contributed by atoms with Crippen molar-refractivity contribution in [3.8, 4) is 0 Å². The van der Waals surface area contributed by atoms with Crippen LogP contribution in [-0.4, -0.2) is 6.88 Å². The van der Waals surface area contributed by atoms with E-state index in [1.54, 1.807) is 25.5 Å². The van der Waals surface area contributed by atoms with Crippen molar-refractivity contribution < 1.29 is 14.4 Å². The Bertz CT molecular complexity index is 1750. The molecule has 0 nitrogen and oxygen atoms in total. The molecule has 0 saturated carbocycles. The fourth-order valence-corrected chi connectivity index (χ4v) is 43.1. The molecule has 2 atom stereocenters. The van der Waals surface area contributed by atoms with Crippen molar-refractivity contribution in [1.29, 1.82) is 0 Å². The number of rotatable bonds is 9. The van der Waals surface area contributed by atoms with Crippen LogP contribution >= 0.6 is 0 Å². The molecule has 45 heavy (non-hydrogen) atoms. The van der Waals surface area contributed by atoms with Crippen LogP contribution in [0.25, 0.3) is 12.2 Å². The molecule has 0 aromatic heterocycles. The first-order valence-corrected chi connectivity index (χ1v) is 35.5. The minimum atomic E-state index is -5.39. The summed E-state index contributed by atoms with van der Waals surface area (Å²) in [6.07, 6.45) is 7.49. The molecule has 0 amide bonds. The van der Waals surface area contributed by atoms with E-state index in [1.165, 1.54) is 33.4 Å². The molecule has 0 fully saturated rings. The predicted molar refractivity (Wildman–Crippen MR) is 203 cm³/mol. The van der Waals surface area contributed by atoms with Crippen LogP contribution in [0.1, 0.15) is 158 Å². The molecular weight excluding hydrogens is 636 g/mol. The van der Waals surface area contributed by atoms with Crippen molar-refractivity contribution in [3.63, 3.8) is 0 Å². The van der Waals surface area contributed by atoms with E-state index in [4.69, 9.17) is 0 Å². The molecule has 0 aliphatic heterocycles. The van der Waals surface area contributed by atoms with Gasteiger partial charge in [0, 0.05) is 0 Å². The van der Waals surface area contributed by atoms with Crippen LogP contribution in [0.4, 0.5) is 0 Å². The normalized spacial score (nSPS) is 20.5. The van der Waals surface area contributed by atoms with Crippen molar-refractivity contribution in [2.45, 2.75) is 127 Å². The van der Waals surface area contributed by atoms with Crippen LogP contribution in [0.2, 0.25) is 13.9 Å². The molecule has 0 bridgehead atoms. The third kappa shape index (κ3) is 4.89. The molecule has 0 spiro atoms. The third-order valence-corrected chi connectivity index (χ3v) is 44.8. The van der Waals surface area contributed by atoms with Crippen molar-refractivity contribution in [2.24, 2.45) is 0 Å². The Morgan fingerprint density at radius 3 is 1.27 bits per heavy atom. The Balaban J connectivity index is 2.05. The van der Waals surface area contributed by atoms with Crippen molar-refractivity contribution in [2.75, 3.05) is 0 Å². The molecule has 2 unspecified atom stereocenters. The van der Waals surface area contributed by atoms with Crippen LogP contribution in [0.3, 0.4) is 0 Å². The van der Waals surface area contributed by atoms with E-state index in [0.717, 1.165) is 12.8 Å². The van der Waals surface area contributed by atoms with E-state index in [2.05, 4.69) is 157 Å². The summed E-state index contributed by atoms with van der Waals surface area (Å²) in [7, 11) is 0. The van der Waals surface area contributed by atoms with Gasteiger partial charge in [-0.2, -0.15) is 0 Å². The Morgan fingerprint density at radius 1 is 0.578 bits per heavy atom. The summed E-state index contributed by atoms with van der Waals surface area (Å²) >= 11 is -5.39. The van der Waals surface area contributed by atoms with E-state index < -0.39 is 14.4 Å². The van der Waals surface area contributed by atoms with Crippen LogP contribution in [0.5, 0.6) is 0 Å². The van der Waals surface area contributed by atoms with Crippen molar-refractivity contribution in [3.05, 3.63) is 110 Å². The average molecular weight is 698 g/mol. The van der Waals surface area contributed by atoms with Gasteiger partial charge >= 0.3 is 274 Å². The molecular formula is C43H62SiZr. The summed E-state index contributed by atoms with van der Waals surface area (Å²) in [6.45, 7) is 26.4. The summed E-state index contributed by atoms with van der Waals surface area (Å²) < 4.78 is 11.0. The van der Waals surface area contributed by atoms with Crippen LogP contribution < -0.4 is 3.27 Å². The van der Waals surface area contributed by atoms with Crippen molar-refractivity contribution in [1.82, 2.24) is 0 Å². The third-order valence-electron chi connectivity index (χ3n) is 12.9. The maximum absolute atomic E-state index is 5.39. The predicted octanol–water partition coefficient (Wildman–Crippen LogP) is 12.4. The van der Waals surface area contributed by atoms with Gasteiger partial charge in [0.1, 0.15) is 0 Å². The maximum atomic E-state index is 2.88. The van der Waals surface area contributed by atoms with Gasteiger partial charge in [0.25, 0.3) is 0 Å². The number of hydrogen-bond donors (Lipinski definition) is 0. The first-order valence-electron chi connectivity index (χ1n) is 18.1. The molecule has 5 rings (SSSR count). The second-order valence-electron chi connectivity index (χ2n) is 19.3. The minimum absolute atomic E-state index is 0.370. The zero-order chi connectivity index (χ0) is 33.4. The summed E-state index contributed by atoms with van der Waals surface area (Å²) in [5.41, 5.74) is 15.6. The van der Waals surface area contributed by atoms with E-state index in [9.17, 15) is 0 Å². The second-order valence-corrected chi connectivity index (χ2v) is 72.9. The van der Waals surface area contributed by atoms with Crippen LogP contribution in [0.15, 0.2) is 65.7 Å². The second kappa shape index (κ2) is 10.4. The van der Waals surface area contributed by atoms with Gasteiger partial charge in [-0.25, -0.2) is 0 Å². The van der Waals surface area contributed by atoms with Gasteiger partial charge in [0.15, 0.2) is 0 Å². The summed E-state index contributed by atoms with van der Waals surface area (Å²) in [6, 6.07) is 22.4. The Morgan fingerprint density at radius 2 is 0.956 bits per heavy atom. The van der Waals surface area contributed by atoms with Gasteiger partial charge in [-0.3, -0.25) is 0 Å². The van der Waals surface area contributed by atoms with Gasteiger partial charge < -0.3 is 0 Å². The van der Waals surface area contributed by atoms with E-state index in [-0.39, 0.29) is 0 Å². The molecule has 2 heteroatoms. The number of allylic oxidation sites excluding steroid dienone is 2. The molecule has 3 aromatic carbocycles. The van der Waals surface area contributed by atoms with Crippen molar-refractivity contribution >= 4 is 22.3 Å². The number of hydrogen-bond acceptors (Lipinski definition) is 0. The average Bonchev–Trinajstić information content (AvgIpc) is 3.56. The molecule has 2 aliphatic rings. The first-order chi connectivity index (χ1) is 20.7. The Labute approximate surface area is 272 Å². The molecule has 242 valence electrons. The molecule has 0 saturated heterocycles. The zero-order valence-corrected chi connectivity index (χ0v) is 34.8. The molecule has 0 heterocycles.